The highest BCUT2D eigenvalue weighted by Gasteiger charge is 2.33. The molecule has 1 unspecified atom stereocenters. The van der Waals surface area contributed by atoms with Crippen molar-refractivity contribution in [2.75, 3.05) is 26.2 Å². The second kappa shape index (κ2) is 7.98. The summed E-state index contributed by atoms with van der Waals surface area (Å²) in [4.78, 5) is 12.3. The molecule has 0 aliphatic carbocycles. The van der Waals surface area contributed by atoms with Crippen LogP contribution in [0.3, 0.4) is 0 Å². The van der Waals surface area contributed by atoms with E-state index in [1.54, 1.807) is 0 Å². The number of hydrogen-bond donors (Lipinski definition) is 2. The lowest BCUT2D eigenvalue weighted by atomic mass is 9.99. The maximum Gasteiger partial charge on any atom is 0.246 e. The van der Waals surface area contributed by atoms with Crippen LogP contribution in [-0.2, 0) is 14.8 Å². The van der Waals surface area contributed by atoms with Crippen LogP contribution in [0, 0.1) is 5.92 Å². The van der Waals surface area contributed by atoms with E-state index in [4.69, 9.17) is 5.73 Å². The Bertz CT molecular complexity index is 850. The zero-order valence-corrected chi connectivity index (χ0v) is 15.2. The van der Waals surface area contributed by atoms with Crippen LogP contribution < -0.4 is 11.1 Å². The van der Waals surface area contributed by atoms with E-state index in [-0.39, 0.29) is 23.3 Å². The molecular formula is C17H23N5O3S. The Labute approximate surface area is 153 Å². The number of amides is 1. The lowest BCUT2D eigenvalue weighted by molar-refractivity contribution is -0.126. The van der Waals surface area contributed by atoms with Gasteiger partial charge in [0.05, 0.1) is 24.0 Å². The van der Waals surface area contributed by atoms with Crippen molar-refractivity contribution in [3.05, 3.63) is 42.7 Å². The largest absolute Gasteiger partial charge is 0.355 e. The van der Waals surface area contributed by atoms with Gasteiger partial charge in [-0.2, -0.15) is 9.40 Å². The number of aromatic nitrogens is 2. The Morgan fingerprint density at radius 1 is 1.31 bits per heavy atom. The standard InChI is InChI=1S/C17H23N5O3S/c18-8-9-19-17(23)14-5-4-10-21(12-14)26(24,25)16-11-20-22(13-16)15-6-2-1-3-7-15/h1-3,6-7,11,13-14H,4-5,8-10,12,18H2,(H,19,23). The van der Waals surface area contributed by atoms with Crippen molar-refractivity contribution in [2.24, 2.45) is 11.7 Å². The molecule has 1 aromatic heterocycles. The van der Waals surface area contributed by atoms with E-state index in [0.717, 1.165) is 5.69 Å². The van der Waals surface area contributed by atoms with Crippen LogP contribution in [0.1, 0.15) is 12.8 Å². The highest BCUT2D eigenvalue weighted by Crippen LogP contribution is 2.24. The molecule has 2 heterocycles. The molecule has 26 heavy (non-hydrogen) atoms. The Balaban J connectivity index is 1.75. The average molecular weight is 377 g/mol. The van der Waals surface area contributed by atoms with Crippen LogP contribution >= 0.6 is 0 Å². The van der Waals surface area contributed by atoms with Gasteiger partial charge in [0.1, 0.15) is 4.90 Å². The SMILES string of the molecule is NCCNC(=O)C1CCCN(S(=O)(=O)c2cnn(-c3ccccc3)c2)C1. The first-order valence-corrected chi connectivity index (χ1v) is 10.0. The second-order valence-corrected chi connectivity index (χ2v) is 8.18. The predicted molar refractivity (Wildman–Crippen MR) is 97.1 cm³/mol. The third-order valence-corrected chi connectivity index (χ3v) is 6.23. The van der Waals surface area contributed by atoms with E-state index in [2.05, 4.69) is 10.4 Å². The molecule has 0 saturated carbocycles. The molecule has 1 atom stereocenters. The number of hydrogen-bond acceptors (Lipinski definition) is 5. The predicted octanol–water partition coefficient (Wildman–Crippen LogP) is 0.348. The second-order valence-electron chi connectivity index (χ2n) is 6.24. The van der Waals surface area contributed by atoms with Crippen molar-refractivity contribution in [3.63, 3.8) is 0 Å². The van der Waals surface area contributed by atoms with Gasteiger partial charge in [-0.15, -0.1) is 0 Å². The van der Waals surface area contributed by atoms with Crippen LogP contribution in [0.25, 0.3) is 5.69 Å². The number of nitrogens with one attached hydrogen (secondary N) is 1. The van der Waals surface area contributed by atoms with Crippen molar-refractivity contribution in [1.29, 1.82) is 0 Å². The molecule has 140 valence electrons. The van der Waals surface area contributed by atoms with E-state index in [1.165, 1.54) is 21.4 Å². The van der Waals surface area contributed by atoms with Crippen molar-refractivity contribution >= 4 is 15.9 Å². The summed E-state index contributed by atoms with van der Waals surface area (Å²) < 4.78 is 28.8. The van der Waals surface area contributed by atoms with Crippen molar-refractivity contribution in [1.82, 2.24) is 19.4 Å². The smallest absolute Gasteiger partial charge is 0.246 e. The lowest BCUT2D eigenvalue weighted by Crippen LogP contribution is -2.46. The number of sulfonamides is 1. The van der Waals surface area contributed by atoms with Crippen molar-refractivity contribution in [2.45, 2.75) is 17.7 Å². The molecule has 8 nitrogen and oxygen atoms in total. The number of nitrogens with two attached hydrogens (primary N) is 1. The minimum atomic E-state index is -3.69. The highest BCUT2D eigenvalue weighted by molar-refractivity contribution is 7.89. The molecule has 1 aromatic carbocycles. The molecule has 0 radical (unpaired) electrons. The maximum atomic E-state index is 12.9. The van der Waals surface area contributed by atoms with Gasteiger partial charge in [0, 0.05) is 26.2 Å². The van der Waals surface area contributed by atoms with E-state index < -0.39 is 10.0 Å². The summed E-state index contributed by atoms with van der Waals surface area (Å²) in [7, 11) is -3.69. The summed E-state index contributed by atoms with van der Waals surface area (Å²) in [5.41, 5.74) is 6.18. The molecule has 1 fully saturated rings. The molecule has 1 aliphatic heterocycles. The zero-order valence-electron chi connectivity index (χ0n) is 14.4. The van der Waals surface area contributed by atoms with Crippen molar-refractivity contribution in [3.8, 4) is 5.69 Å². The summed E-state index contributed by atoms with van der Waals surface area (Å²) in [6.45, 7) is 1.33. The molecule has 0 spiro atoms. The van der Waals surface area contributed by atoms with Gasteiger partial charge >= 0.3 is 0 Å². The van der Waals surface area contributed by atoms with Crippen molar-refractivity contribution < 1.29 is 13.2 Å². The first kappa shape index (κ1) is 18.6. The van der Waals surface area contributed by atoms with Gasteiger partial charge in [-0.05, 0) is 25.0 Å². The van der Waals surface area contributed by atoms with Crippen LogP contribution in [-0.4, -0.2) is 54.6 Å². The molecular weight excluding hydrogens is 354 g/mol. The van der Waals surface area contributed by atoms with Crippen LogP contribution in [0.2, 0.25) is 0 Å². The molecule has 2 aromatic rings. The molecule has 3 N–H and O–H groups in total. The normalized spacial score (nSPS) is 18.6. The summed E-state index contributed by atoms with van der Waals surface area (Å²) >= 11 is 0. The number of carbonyl (C=O) groups is 1. The molecule has 3 rings (SSSR count). The zero-order chi connectivity index (χ0) is 18.6. The third-order valence-electron chi connectivity index (χ3n) is 4.42. The minimum Gasteiger partial charge on any atom is -0.355 e. The number of nitrogens with zero attached hydrogens (tertiary/aromatic N) is 3. The number of benzene rings is 1. The Morgan fingerprint density at radius 2 is 2.08 bits per heavy atom. The fraction of sp³-hybridized carbons (Fsp3) is 0.412. The van der Waals surface area contributed by atoms with Gasteiger partial charge in [0.25, 0.3) is 0 Å². The monoisotopic (exact) mass is 377 g/mol. The molecule has 0 bridgehead atoms. The molecule has 1 amide bonds. The highest BCUT2D eigenvalue weighted by atomic mass is 32.2. The van der Waals surface area contributed by atoms with Crippen LogP contribution in [0.5, 0.6) is 0 Å². The van der Waals surface area contributed by atoms with E-state index in [9.17, 15) is 13.2 Å². The lowest BCUT2D eigenvalue weighted by Gasteiger charge is -2.30. The topological polar surface area (TPSA) is 110 Å². The average Bonchev–Trinajstić information content (AvgIpc) is 3.18. The summed E-state index contributed by atoms with van der Waals surface area (Å²) in [5, 5.41) is 6.90. The van der Waals surface area contributed by atoms with Gasteiger partial charge in [-0.1, -0.05) is 18.2 Å². The quantitative estimate of drug-likeness (QED) is 0.755. The van der Waals surface area contributed by atoms with E-state index >= 15 is 0 Å². The third kappa shape index (κ3) is 3.95. The fourth-order valence-corrected chi connectivity index (χ4v) is 4.48. The first-order valence-electron chi connectivity index (χ1n) is 8.60. The molecule has 1 aliphatic rings. The number of carbonyl (C=O) groups excluding carboxylic acids is 1. The number of para-hydroxylation sites is 1. The van der Waals surface area contributed by atoms with E-state index in [0.29, 0.717) is 32.5 Å². The number of rotatable bonds is 6. The van der Waals surface area contributed by atoms with Gasteiger partial charge in [-0.25, -0.2) is 13.1 Å². The first-order chi connectivity index (χ1) is 12.5. The van der Waals surface area contributed by atoms with Gasteiger partial charge < -0.3 is 11.1 Å². The van der Waals surface area contributed by atoms with E-state index in [1.807, 2.05) is 30.3 Å². The summed E-state index contributed by atoms with van der Waals surface area (Å²) in [6.07, 6.45) is 4.17. The van der Waals surface area contributed by atoms with Gasteiger partial charge in [0.2, 0.25) is 15.9 Å². The molecule has 9 heteroatoms. The number of piperidine rings is 1. The van der Waals surface area contributed by atoms with Gasteiger partial charge in [0.15, 0.2) is 0 Å². The Kier molecular flexibility index (Phi) is 5.70. The Hall–Kier alpha value is -2.23. The Morgan fingerprint density at radius 3 is 2.81 bits per heavy atom. The minimum absolute atomic E-state index is 0.129. The molecule has 1 saturated heterocycles. The maximum absolute atomic E-state index is 12.9. The van der Waals surface area contributed by atoms with Crippen LogP contribution in [0.15, 0.2) is 47.6 Å². The summed E-state index contributed by atoms with van der Waals surface area (Å²) in [5.74, 6) is -0.496. The van der Waals surface area contributed by atoms with Gasteiger partial charge in [-0.3, -0.25) is 4.79 Å². The summed E-state index contributed by atoms with van der Waals surface area (Å²) in [6, 6.07) is 9.30. The van der Waals surface area contributed by atoms with Crippen LogP contribution in [0.4, 0.5) is 0 Å². The fourth-order valence-electron chi connectivity index (χ4n) is 3.02.